The number of H-pyrrole nitrogens is 1. The van der Waals surface area contributed by atoms with Crippen LogP contribution in [0.5, 0.6) is 0 Å². The third-order valence-corrected chi connectivity index (χ3v) is 4.82. The Morgan fingerprint density at radius 2 is 2.10 bits per heavy atom. The molecule has 3 rings (SSSR count). The summed E-state index contributed by atoms with van der Waals surface area (Å²) < 4.78 is 6.99. The van der Waals surface area contributed by atoms with Gasteiger partial charge in [0.05, 0.1) is 16.8 Å². The van der Waals surface area contributed by atoms with Crippen molar-refractivity contribution < 1.29 is 4.74 Å². The Balaban J connectivity index is 2.06. The van der Waals surface area contributed by atoms with Gasteiger partial charge in [0.25, 0.3) is 0 Å². The topological polar surface area (TPSA) is 37.9 Å². The van der Waals surface area contributed by atoms with Gasteiger partial charge in [0.1, 0.15) is 10.5 Å². The van der Waals surface area contributed by atoms with E-state index in [-0.39, 0.29) is 0 Å². The zero-order valence-corrected chi connectivity index (χ0v) is 13.3. The Morgan fingerprint density at radius 1 is 1.30 bits per heavy atom. The maximum Gasteiger partial charge on any atom is 0.144 e. The van der Waals surface area contributed by atoms with E-state index in [0.717, 1.165) is 41.0 Å². The molecule has 1 fully saturated rings. The van der Waals surface area contributed by atoms with Crippen molar-refractivity contribution in [3.05, 3.63) is 45.3 Å². The summed E-state index contributed by atoms with van der Waals surface area (Å²) in [7, 11) is 0. The van der Waals surface area contributed by atoms with Crippen LogP contribution >= 0.6 is 28.1 Å². The second-order valence-corrected chi connectivity index (χ2v) is 6.08. The Bertz CT molecular complexity index is 651. The molecule has 0 radical (unpaired) electrons. The predicted molar refractivity (Wildman–Crippen MR) is 85.4 cm³/mol. The molecule has 1 aliphatic rings. The van der Waals surface area contributed by atoms with Gasteiger partial charge < -0.3 is 9.72 Å². The maximum atomic E-state index is 5.55. The van der Waals surface area contributed by atoms with Crippen LogP contribution in [0, 0.1) is 4.64 Å². The molecule has 1 atom stereocenters. The van der Waals surface area contributed by atoms with Gasteiger partial charge in [-0.1, -0.05) is 42.5 Å². The molecule has 0 amide bonds. The van der Waals surface area contributed by atoms with Crippen LogP contribution < -0.4 is 0 Å². The quantitative estimate of drug-likeness (QED) is 0.812. The fraction of sp³-hybridized carbons (Fsp3) is 0.333. The molecule has 0 saturated carbocycles. The van der Waals surface area contributed by atoms with Crippen LogP contribution in [0.4, 0.5) is 0 Å². The molecule has 0 spiro atoms. The summed E-state index contributed by atoms with van der Waals surface area (Å²) in [6, 6.07) is 10.2. The lowest BCUT2D eigenvalue weighted by Crippen LogP contribution is -2.18. The van der Waals surface area contributed by atoms with E-state index >= 15 is 0 Å². The van der Waals surface area contributed by atoms with Crippen LogP contribution in [-0.2, 0) is 4.74 Å². The Kier molecular flexibility index (Phi) is 4.29. The molecule has 1 aromatic carbocycles. The van der Waals surface area contributed by atoms with Crippen LogP contribution in [0.25, 0.3) is 11.3 Å². The van der Waals surface area contributed by atoms with Crippen LogP contribution in [0.2, 0.25) is 0 Å². The highest BCUT2D eigenvalue weighted by Crippen LogP contribution is 2.30. The number of hydrogen-bond acceptors (Lipinski definition) is 3. The largest absolute Gasteiger partial charge is 0.381 e. The average Bonchev–Trinajstić information content (AvgIpc) is 2.51. The van der Waals surface area contributed by atoms with Crippen molar-refractivity contribution in [2.45, 2.75) is 18.8 Å². The molecule has 1 aromatic heterocycles. The number of rotatable bonds is 2. The van der Waals surface area contributed by atoms with Gasteiger partial charge in [-0.05, 0) is 34.3 Å². The first kappa shape index (κ1) is 13.9. The van der Waals surface area contributed by atoms with Crippen molar-refractivity contribution in [1.29, 1.82) is 0 Å². The molecule has 104 valence electrons. The summed E-state index contributed by atoms with van der Waals surface area (Å²) in [4.78, 5) is 7.95. The molecule has 1 N–H and O–H groups in total. The van der Waals surface area contributed by atoms with Gasteiger partial charge in [0, 0.05) is 12.5 Å². The molecule has 5 heteroatoms. The SMILES string of the molecule is S=c1nc(C2CCCOC2)[nH]c(-c2ccccc2)c1Br. The van der Waals surface area contributed by atoms with Gasteiger partial charge in [-0.25, -0.2) is 4.98 Å². The number of halogens is 1. The summed E-state index contributed by atoms with van der Waals surface area (Å²) in [5.74, 6) is 1.23. The zero-order chi connectivity index (χ0) is 13.9. The minimum Gasteiger partial charge on any atom is -0.381 e. The standard InChI is InChI=1S/C15H15BrN2OS/c16-12-13(10-5-2-1-3-6-10)17-14(18-15(12)20)11-7-4-8-19-9-11/h1-3,5-6,11H,4,7-9H2,(H,17,18,20). The molecule has 3 nitrogen and oxygen atoms in total. The number of ether oxygens (including phenoxy) is 1. The first-order chi connectivity index (χ1) is 9.75. The third kappa shape index (κ3) is 2.85. The number of hydrogen-bond donors (Lipinski definition) is 1. The first-order valence-electron chi connectivity index (χ1n) is 6.68. The number of aromatic nitrogens is 2. The highest BCUT2D eigenvalue weighted by molar-refractivity contribution is 9.10. The minimum absolute atomic E-state index is 0.306. The van der Waals surface area contributed by atoms with Gasteiger partial charge in [0.15, 0.2) is 0 Å². The maximum absolute atomic E-state index is 5.55. The summed E-state index contributed by atoms with van der Waals surface area (Å²) in [6.07, 6.45) is 2.16. The molecule has 0 bridgehead atoms. The van der Waals surface area contributed by atoms with E-state index in [1.807, 2.05) is 18.2 Å². The van der Waals surface area contributed by atoms with E-state index in [1.165, 1.54) is 0 Å². The smallest absolute Gasteiger partial charge is 0.144 e. The van der Waals surface area contributed by atoms with Crippen molar-refractivity contribution in [2.24, 2.45) is 0 Å². The van der Waals surface area contributed by atoms with E-state index in [4.69, 9.17) is 17.0 Å². The second-order valence-electron chi connectivity index (χ2n) is 4.90. The Hall–Kier alpha value is -1.04. The molecular weight excluding hydrogens is 336 g/mol. The molecule has 0 aliphatic carbocycles. The molecule has 20 heavy (non-hydrogen) atoms. The Morgan fingerprint density at radius 3 is 2.80 bits per heavy atom. The predicted octanol–water partition coefficient (Wildman–Crippen LogP) is 4.46. The highest BCUT2D eigenvalue weighted by atomic mass is 79.9. The molecule has 1 unspecified atom stereocenters. The van der Waals surface area contributed by atoms with Crippen molar-refractivity contribution in [3.63, 3.8) is 0 Å². The van der Waals surface area contributed by atoms with Crippen molar-refractivity contribution in [3.8, 4) is 11.3 Å². The monoisotopic (exact) mass is 350 g/mol. The van der Waals surface area contributed by atoms with E-state index in [0.29, 0.717) is 17.2 Å². The second kappa shape index (κ2) is 6.16. The van der Waals surface area contributed by atoms with Gasteiger partial charge in [-0.3, -0.25) is 0 Å². The van der Waals surface area contributed by atoms with Gasteiger partial charge >= 0.3 is 0 Å². The van der Waals surface area contributed by atoms with Crippen LogP contribution in [0.1, 0.15) is 24.6 Å². The molecule has 2 heterocycles. The molecule has 1 aliphatic heterocycles. The first-order valence-corrected chi connectivity index (χ1v) is 7.88. The van der Waals surface area contributed by atoms with Crippen LogP contribution in [-0.4, -0.2) is 23.2 Å². The van der Waals surface area contributed by atoms with Crippen LogP contribution in [0.3, 0.4) is 0 Å². The molecular formula is C15H15BrN2OS. The summed E-state index contributed by atoms with van der Waals surface area (Å²) in [6.45, 7) is 1.56. The molecule has 2 aromatic rings. The molecule has 1 saturated heterocycles. The van der Waals surface area contributed by atoms with E-state index in [9.17, 15) is 0 Å². The zero-order valence-electron chi connectivity index (χ0n) is 10.9. The lowest BCUT2D eigenvalue weighted by Gasteiger charge is -2.22. The van der Waals surface area contributed by atoms with E-state index in [2.05, 4.69) is 38.0 Å². The van der Waals surface area contributed by atoms with E-state index in [1.54, 1.807) is 0 Å². The average molecular weight is 351 g/mol. The third-order valence-electron chi connectivity index (χ3n) is 3.49. The lowest BCUT2D eigenvalue weighted by molar-refractivity contribution is 0.0780. The number of aromatic amines is 1. The summed E-state index contributed by atoms with van der Waals surface area (Å²) >= 11 is 8.92. The van der Waals surface area contributed by atoms with Crippen molar-refractivity contribution >= 4 is 28.1 Å². The number of benzene rings is 1. The van der Waals surface area contributed by atoms with Gasteiger partial charge in [0.2, 0.25) is 0 Å². The fourth-order valence-corrected chi connectivity index (χ4v) is 3.05. The van der Waals surface area contributed by atoms with Crippen LogP contribution in [0.15, 0.2) is 34.8 Å². The highest BCUT2D eigenvalue weighted by Gasteiger charge is 2.20. The van der Waals surface area contributed by atoms with Crippen molar-refractivity contribution in [1.82, 2.24) is 9.97 Å². The summed E-state index contributed by atoms with van der Waals surface area (Å²) in [5, 5.41) is 0. The Labute approximate surface area is 131 Å². The fourth-order valence-electron chi connectivity index (χ4n) is 2.43. The van der Waals surface area contributed by atoms with Crippen molar-refractivity contribution in [2.75, 3.05) is 13.2 Å². The van der Waals surface area contributed by atoms with E-state index < -0.39 is 0 Å². The van der Waals surface area contributed by atoms with Gasteiger partial charge in [-0.15, -0.1) is 0 Å². The minimum atomic E-state index is 0.306. The lowest BCUT2D eigenvalue weighted by atomic mass is 10.0. The van der Waals surface area contributed by atoms with Gasteiger partial charge in [-0.2, -0.15) is 0 Å². The number of nitrogens with zero attached hydrogens (tertiary/aromatic N) is 1. The summed E-state index contributed by atoms with van der Waals surface area (Å²) in [5.41, 5.74) is 2.09. The normalized spacial score (nSPS) is 18.9. The number of nitrogens with one attached hydrogen (secondary N) is 1.